The van der Waals surface area contributed by atoms with E-state index in [1.54, 1.807) is 11.0 Å². The molecule has 1 aromatic carbocycles. The van der Waals surface area contributed by atoms with E-state index in [-0.39, 0.29) is 24.0 Å². The van der Waals surface area contributed by atoms with Crippen LogP contribution in [-0.2, 0) is 20.1 Å². The van der Waals surface area contributed by atoms with Crippen molar-refractivity contribution in [2.75, 3.05) is 33.2 Å². The molecule has 1 aliphatic heterocycles. The topological polar surface area (TPSA) is 61.6 Å². The fourth-order valence-corrected chi connectivity index (χ4v) is 3.83. The lowest BCUT2D eigenvalue weighted by Crippen LogP contribution is -2.40. The lowest BCUT2D eigenvalue weighted by atomic mass is 9.96. The minimum Gasteiger partial charge on any atom is -0.357 e. The molecule has 0 amide bonds. The van der Waals surface area contributed by atoms with E-state index >= 15 is 0 Å². The molecule has 1 saturated heterocycles. The summed E-state index contributed by atoms with van der Waals surface area (Å²) >= 11 is 6.31. The molecular formula is C21H33ClIN7. The monoisotopic (exact) mass is 545 g/mol. The van der Waals surface area contributed by atoms with Crippen LogP contribution in [0.1, 0.15) is 31.2 Å². The molecule has 3 rings (SSSR count). The quantitative estimate of drug-likeness (QED) is 0.328. The zero-order chi connectivity index (χ0) is 20.6. The van der Waals surface area contributed by atoms with E-state index in [1.165, 1.54) is 18.4 Å². The van der Waals surface area contributed by atoms with Crippen molar-refractivity contribution >= 4 is 41.5 Å². The van der Waals surface area contributed by atoms with Gasteiger partial charge in [-0.15, -0.1) is 24.0 Å². The molecule has 1 aliphatic rings. The Balaban J connectivity index is 0.00000320. The first-order chi connectivity index (χ1) is 14.1. The Kier molecular flexibility index (Phi) is 10.3. The number of hydrogen-bond acceptors (Lipinski definition) is 4. The van der Waals surface area contributed by atoms with Gasteiger partial charge in [0.15, 0.2) is 5.96 Å². The highest BCUT2D eigenvalue weighted by Gasteiger charge is 2.20. The molecule has 0 bridgehead atoms. The number of aromatic nitrogens is 3. The molecule has 2 aromatic rings. The Morgan fingerprint density at radius 1 is 1.30 bits per heavy atom. The zero-order valence-corrected chi connectivity index (χ0v) is 21.2. The molecule has 0 aliphatic carbocycles. The molecule has 7 nitrogen and oxygen atoms in total. The highest BCUT2D eigenvalue weighted by Crippen LogP contribution is 2.22. The Bertz CT molecular complexity index is 802. The molecule has 2 heterocycles. The average molecular weight is 546 g/mol. The summed E-state index contributed by atoms with van der Waals surface area (Å²) in [6, 6.07) is 8.13. The largest absolute Gasteiger partial charge is 0.357 e. The summed E-state index contributed by atoms with van der Waals surface area (Å²) in [5.41, 5.74) is 1.21. The van der Waals surface area contributed by atoms with Crippen LogP contribution in [0.25, 0.3) is 0 Å². The molecule has 166 valence electrons. The molecule has 30 heavy (non-hydrogen) atoms. The van der Waals surface area contributed by atoms with Crippen molar-refractivity contribution in [3.8, 4) is 0 Å². The molecule has 1 N–H and O–H groups in total. The Hall–Kier alpha value is -1.39. The number of rotatable bonds is 7. The van der Waals surface area contributed by atoms with Crippen molar-refractivity contribution in [3.63, 3.8) is 0 Å². The van der Waals surface area contributed by atoms with Crippen LogP contribution in [0.15, 0.2) is 35.6 Å². The molecule has 0 radical (unpaired) electrons. The minimum atomic E-state index is 0. The third-order valence-electron chi connectivity index (χ3n) is 5.44. The highest BCUT2D eigenvalue weighted by molar-refractivity contribution is 14.0. The standard InChI is InChI=1S/C21H32ClN7.HI/c1-4-23-21(27(2)15-20-25-16-26-28(20)3)24-13-17-9-11-29(12-10-17)14-18-7-5-6-8-19(18)22;/h5-8,16-17H,4,9-15H2,1-3H3,(H,23,24);1H. The molecule has 0 saturated carbocycles. The van der Waals surface area contributed by atoms with Crippen molar-refractivity contribution in [2.24, 2.45) is 18.0 Å². The van der Waals surface area contributed by atoms with Gasteiger partial charge in [-0.3, -0.25) is 14.6 Å². The van der Waals surface area contributed by atoms with Crippen LogP contribution >= 0.6 is 35.6 Å². The fraction of sp³-hybridized carbons (Fsp3) is 0.571. The van der Waals surface area contributed by atoms with Gasteiger partial charge in [0.2, 0.25) is 0 Å². The second-order valence-corrected chi connectivity index (χ2v) is 8.07. The number of piperidine rings is 1. The van der Waals surface area contributed by atoms with Crippen LogP contribution in [-0.4, -0.2) is 63.8 Å². The number of nitrogens with zero attached hydrogens (tertiary/aromatic N) is 6. The van der Waals surface area contributed by atoms with E-state index < -0.39 is 0 Å². The van der Waals surface area contributed by atoms with Gasteiger partial charge in [0.25, 0.3) is 0 Å². The van der Waals surface area contributed by atoms with Gasteiger partial charge in [0.1, 0.15) is 12.2 Å². The lowest BCUT2D eigenvalue weighted by Gasteiger charge is -2.32. The van der Waals surface area contributed by atoms with E-state index in [2.05, 4.69) is 44.3 Å². The van der Waals surface area contributed by atoms with Gasteiger partial charge in [-0.05, 0) is 50.4 Å². The molecule has 0 unspecified atom stereocenters. The first-order valence-electron chi connectivity index (χ1n) is 10.3. The Morgan fingerprint density at radius 2 is 2.03 bits per heavy atom. The number of benzene rings is 1. The summed E-state index contributed by atoms with van der Waals surface area (Å²) in [5, 5.41) is 8.40. The van der Waals surface area contributed by atoms with E-state index in [9.17, 15) is 0 Å². The average Bonchev–Trinajstić information content (AvgIpc) is 3.12. The van der Waals surface area contributed by atoms with Crippen molar-refractivity contribution < 1.29 is 0 Å². The summed E-state index contributed by atoms with van der Waals surface area (Å²) in [5.74, 6) is 2.47. The fourth-order valence-electron chi connectivity index (χ4n) is 3.63. The maximum Gasteiger partial charge on any atom is 0.194 e. The van der Waals surface area contributed by atoms with Crippen LogP contribution in [0.5, 0.6) is 0 Å². The second-order valence-electron chi connectivity index (χ2n) is 7.66. The predicted molar refractivity (Wildman–Crippen MR) is 133 cm³/mol. The zero-order valence-electron chi connectivity index (χ0n) is 18.1. The minimum absolute atomic E-state index is 0. The maximum absolute atomic E-state index is 6.31. The number of likely N-dealkylation sites (tertiary alicyclic amines) is 1. The number of halogens is 2. The van der Waals surface area contributed by atoms with E-state index in [1.807, 2.05) is 26.2 Å². The van der Waals surface area contributed by atoms with Crippen molar-refractivity contribution in [1.29, 1.82) is 0 Å². The Morgan fingerprint density at radius 3 is 2.67 bits per heavy atom. The van der Waals surface area contributed by atoms with Crippen molar-refractivity contribution in [2.45, 2.75) is 32.9 Å². The van der Waals surface area contributed by atoms with E-state index in [4.69, 9.17) is 16.6 Å². The molecular weight excluding hydrogens is 513 g/mol. The van der Waals surface area contributed by atoms with Gasteiger partial charge < -0.3 is 10.2 Å². The molecule has 0 spiro atoms. The summed E-state index contributed by atoms with van der Waals surface area (Å²) < 4.78 is 1.80. The third kappa shape index (κ3) is 7.09. The smallest absolute Gasteiger partial charge is 0.194 e. The molecule has 1 fully saturated rings. The number of hydrogen-bond donors (Lipinski definition) is 1. The van der Waals surface area contributed by atoms with Crippen LogP contribution in [0.4, 0.5) is 0 Å². The first kappa shape index (κ1) is 24.9. The van der Waals surface area contributed by atoms with E-state index in [0.29, 0.717) is 12.5 Å². The number of guanidine groups is 1. The van der Waals surface area contributed by atoms with Gasteiger partial charge in [-0.2, -0.15) is 5.10 Å². The van der Waals surface area contributed by atoms with Crippen molar-refractivity contribution in [3.05, 3.63) is 47.0 Å². The second kappa shape index (κ2) is 12.5. The normalized spacial score (nSPS) is 15.7. The maximum atomic E-state index is 6.31. The van der Waals surface area contributed by atoms with Crippen LogP contribution < -0.4 is 5.32 Å². The molecule has 0 atom stereocenters. The third-order valence-corrected chi connectivity index (χ3v) is 5.81. The van der Waals surface area contributed by atoms with Crippen LogP contribution in [0.2, 0.25) is 5.02 Å². The highest BCUT2D eigenvalue weighted by atomic mass is 127. The number of aliphatic imine (C=N–C) groups is 1. The van der Waals surface area contributed by atoms with Crippen LogP contribution in [0, 0.1) is 5.92 Å². The predicted octanol–water partition coefficient (Wildman–Crippen LogP) is 3.40. The molecule has 9 heteroatoms. The lowest BCUT2D eigenvalue weighted by molar-refractivity contribution is 0.180. The van der Waals surface area contributed by atoms with Gasteiger partial charge in [-0.1, -0.05) is 29.8 Å². The van der Waals surface area contributed by atoms with Gasteiger partial charge in [-0.25, -0.2) is 4.98 Å². The SMILES string of the molecule is CCNC(=NCC1CCN(Cc2ccccc2Cl)CC1)N(C)Cc1ncnn1C.I. The van der Waals surface area contributed by atoms with Gasteiger partial charge in [0, 0.05) is 38.8 Å². The van der Waals surface area contributed by atoms with Gasteiger partial charge >= 0.3 is 0 Å². The number of aryl methyl sites for hydroxylation is 1. The summed E-state index contributed by atoms with van der Waals surface area (Å²) in [7, 11) is 3.96. The summed E-state index contributed by atoms with van der Waals surface area (Å²) in [6.07, 6.45) is 3.92. The summed E-state index contributed by atoms with van der Waals surface area (Å²) in [6.45, 7) is 7.59. The van der Waals surface area contributed by atoms with Crippen molar-refractivity contribution in [1.82, 2.24) is 29.9 Å². The van der Waals surface area contributed by atoms with E-state index in [0.717, 1.165) is 49.5 Å². The summed E-state index contributed by atoms with van der Waals surface area (Å²) in [4.78, 5) is 13.8. The van der Waals surface area contributed by atoms with Crippen LogP contribution in [0.3, 0.4) is 0 Å². The first-order valence-corrected chi connectivity index (χ1v) is 10.7. The number of nitrogens with one attached hydrogen (secondary N) is 1. The van der Waals surface area contributed by atoms with Gasteiger partial charge in [0.05, 0.1) is 6.54 Å². The Labute approximate surface area is 201 Å². The molecule has 1 aromatic heterocycles.